The van der Waals surface area contributed by atoms with Crippen molar-refractivity contribution in [2.24, 2.45) is 0 Å². The maximum Gasteiger partial charge on any atom is 0.237 e. The average Bonchev–Trinajstić information content (AvgIpc) is 2.71. The van der Waals surface area contributed by atoms with Gasteiger partial charge in [0.2, 0.25) is 11.8 Å². The van der Waals surface area contributed by atoms with Gasteiger partial charge in [-0.1, -0.05) is 0 Å². The van der Waals surface area contributed by atoms with E-state index in [4.69, 9.17) is 4.74 Å². The molecule has 30 heavy (non-hydrogen) atoms. The molecule has 0 unspecified atom stereocenters. The standard InChI is InChI=1S/C21H27N7O2/c1-21(2,29)12-24-18-17-13(5-7-22-18)10-23-20(27-17)26-16-9-14-11-28(3)8-6-15(14)25-19(16)30-4/h5,7,9-10,29H,6,8,11-12H2,1-4H3,(H,22,24)(H,23,26,27). The molecule has 0 radical (unpaired) electrons. The highest BCUT2D eigenvalue weighted by molar-refractivity contribution is 5.88. The molecule has 0 atom stereocenters. The Morgan fingerprint density at radius 1 is 1.27 bits per heavy atom. The van der Waals surface area contributed by atoms with Crippen LogP contribution in [-0.2, 0) is 13.0 Å². The highest BCUT2D eigenvalue weighted by atomic mass is 16.5. The van der Waals surface area contributed by atoms with Crippen molar-refractivity contribution in [1.29, 1.82) is 0 Å². The first-order chi connectivity index (χ1) is 14.3. The maximum atomic E-state index is 10.0. The summed E-state index contributed by atoms with van der Waals surface area (Å²) in [5.74, 6) is 1.54. The van der Waals surface area contributed by atoms with E-state index in [2.05, 4.69) is 48.6 Å². The van der Waals surface area contributed by atoms with Gasteiger partial charge in [0.15, 0.2) is 5.82 Å². The fraction of sp³-hybridized carbons (Fsp3) is 0.429. The van der Waals surface area contributed by atoms with Crippen LogP contribution in [0.3, 0.4) is 0 Å². The molecular formula is C21H27N7O2. The fourth-order valence-corrected chi connectivity index (χ4v) is 3.41. The number of hydrogen-bond donors (Lipinski definition) is 3. The topological polar surface area (TPSA) is 108 Å². The molecule has 0 aromatic carbocycles. The lowest BCUT2D eigenvalue weighted by molar-refractivity contribution is 0.0944. The molecule has 9 nitrogen and oxygen atoms in total. The van der Waals surface area contributed by atoms with Crippen molar-refractivity contribution in [3.63, 3.8) is 0 Å². The summed E-state index contributed by atoms with van der Waals surface area (Å²) < 4.78 is 5.50. The van der Waals surface area contributed by atoms with Crippen LogP contribution in [0.25, 0.3) is 10.9 Å². The largest absolute Gasteiger partial charge is 0.480 e. The molecule has 0 fully saturated rings. The summed E-state index contributed by atoms with van der Waals surface area (Å²) in [5.41, 5.74) is 2.76. The molecule has 158 valence electrons. The monoisotopic (exact) mass is 409 g/mol. The number of pyridine rings is 2. The smallest absolute Gasteiger partial charge is 0.237 e. The molecule has 0 spiro atoms. The second kappa shape index (κ2) is 8.00. The van der Waals surface area contributed by atoms with Gasteiger partial charge in [-0.2, -0.15) is 0 Å². The molecule has 0 bridgehead atoms. The molecule has 3 aromatic rings. The third kappa shape index (κ3) is 4.42. The Hall–Kier alpha value is -3.04. The lowest BCUT2D eigenvalue weighted by atomic mass is 10.1. The second-order valence-electron chi connectivity index (χ2n) is 8.22. The van der Waals surface area contributed by atoms with Gasteiger partial charge in [-0.25, -0.2) is 19.9 Å². The summed E-state index contributed by atoms with van der Waals surface area (Å²) >= 11 is 0. The highest BCUT2D eigenvalue weighted by Gasteiger charge is 2.19. The number of aliphatic hydroxyl groups is 1. The van der Waals surface area contributed by atoms with Crippen LogP contribution >= 0.6 is 0 Å². The van der Waals surface area contributed by atoms with E-state index in [1.54, 1.807) is 33.4 Å². The average molecular weight is 409 g/mol. The van der Waals surface area contributed by atoms with Gasteiger partial charge in [-0.15, -0.1) is 0 Å². The first-order valence-corrected chi connectivity index (χ1v) is 9.93. The van der Waals surface area contributed by atoms with E-state index in [1.165, 1.54) is 5.56 Å². The van der Waals surface area contributed by atoms with E-state index in [9.17, 15) is 5.11 Å². The van der Waals surface area contributed by atoms with Crippen molar-refractivity contribution >= 4 is 28.4 Å². The predicted molar refractivity (Wildman–Crippen MR) is 116 cm³/mol. The molecule has 0 saturated carbocycles. The zero-order valence-electron chi connectivity index (χ0n) is 17.7. The summed E-state index contributed by atoms with van der Waals surface area (Å²) in [6, 6.07) is 3.91. The van der Waals surface area contributed by atoms with Gasteiger partial charge in [0, 0.05) is 43.8 Å². The number of nitrogens with one attached hydrogen (secondary N) is 2. The van der Waals surface area contributed by atoms with Crippen molar-refractivity contribution < 1.29 is 9.84 Å². The molecule has 3 N–H and O–H groups in total. The number of methoxy groups -OCH3 is 1. The Morgan fingerprint density at radius 3 is 2.87 bits per heavy atom. The van der Waals surface area contributed by atoms with E-state index in [-0.39, 0.29) is 0 Å². The first kappa shape index (κ1) is 20.2. The first-order valence-electron chi connectivity index (χ1n) is 9.93. The third-order valence-corrected chi connectivity index (χ3v) is 4.95. The summed E-state index contributed by atoms with van der Waals surface area (Å²) in [6.07, 6.45) is 4.34. The molecule has 9 heteroatoms. The molecule has 4 rings (SSSR count). The normalized spacial score (nSPS) is 14.4. The predicted octanol–water partition coefficient (Wildman–Crippen LogP) is 2.34. The molecule has 4 heterocycles. The Kier molecular flexibility index (Phi) is 5.40. The van der Waals surface area contributed by atoms with Crippen LogP contribution in [0, 0.1) is 0 Å². The second-order valence-corrected chi connectivity index (χ2v) is 8.22. The Bertz CT molecular complexity index is 1070. The number of rotatable bonds is 6. The Balaban J connectivity index is 1.66. The number of ether oxygens (including phenoxy) is 1. The van der Waals surface area contributed by atoms with Crippen molar-refractivity contribution in [1.82, 2.24) is 24.8 Å². The highest BCUT2D eigenvalue weighted by Crippen LogP contribution is 2.30. The van der Waals surface area contributed by atoms with Gasteiger partial charge in [0.1, 0.15) is 11.2 Å². The number of anilines is 3. The summed E-state index contributed by atoms with van der Waals surface area (Å²) in [5, 5.41) is 17.3. The molecule has 3 aromatic heterocycles. The van der Waals surface area contributed by atoms with Gasteiger partial charge >= 0.3 is 0 Å². The van der Waals surface area contributed by atoms with Crippen molar-refractivity contribution in [3.05, 3.63) is 35.8 Å². The number of hydrogen-bond acceptors (Lipinski definition) is 9. The van der Waals surface area contributed by atoms with Crippen LogP contribution in [0.5, 0.6) is 5.88 Å². The molecular weight excluding hydrogens is 382 g/mol. The van der Waals surface area contributed by atoms with Crippen LogP contribution < -0.4 is 15.4 Å². The molecule has 0 aliphatic carbocycles. The van der Waals surface area contributed by atoms with Gasteiger partial charge in [0.05, 0.1) is 18.4 Å². The molecule has 1 aliphatic heterocycles. The quantitative estimate of drug-likeness (QED) is 0.565. The summed E-state index contributed by atoms with van der Waals surface area (Å²) in [4.78, 5) is 20.4. The maximum absolute atomic E-state index is 10.0. The van der Waals surface area contributed by atoms with Crippen LogP contribution in [0.1, 0.15) is 25.1 Å². The van der Waals surface area contributed by atoms with Gasteiger partial charge in [-0.3, -0.25) is 0 Å². The van der Waals surface area contributed by atoms with Crippen molar-refractivity contribution in [2.75, 3.05) is 37.9 Å². The summed E-state index contributed by atoms with van der Waals surface area (Å²) in [7, 11) is 3.71. The number of nitrogens with zero attached hydrogens (tertiary/aromatic N) is 5. The minimum Gasteiger partial charge on any atom is -0.480 e. The van der Waals surface area contributed by atoms with E-state index >= 15 is 0 Å². The zero-order chi connectivity index (χ0) is 21.3. The minimum atomic E-state index is -0.868. The lowest BCUT2D eigenvalue weighted by Crippen LogP contribution is -2.29. The Morgan fingerprint density at radius 2 is 2.10 bits per heavy atom. The van der Waals surface area contributed by atoms with E-state index in [0.29, 0.717) is 29.7 Å². The van der Waals surface area contributed by atoms with Gasteiger partial charge in [-0.05, 0) is 38.6 Å². The van der Waals surface area contributed by atoms with E-state index < -0.39 is 5.60 Å². The van der Waals surface area contributed by atoms with Gasteiger partial charge in [0.25, 0.3) is 0 Å². The number of fused-ring (bicyclic) bond motifs is 2. The Labute approximate surface area is 175 Å². The zero-order valence-corrected chi connectivity index (χ0v) is 17.7. The molecule has 0 amide bonds. The lowest BCUT2D eigenvalue weighted by Gasteiger charge is -2.25. The summed E-state index contributed by atoms with van der Waals surface area (Å²) in [6.45, 7) is 5.65. The minimum absolute atomic E-state index is 0.349. The van der Waals surface area contributed by atoms with Crippen LogP contribution in [0.15, 0.2) is 24.5 Å². The fourth-order valence-electron chi connectivity index (χ4n) is 3.41. The van der Waals surface area contributed by atoms with E-state index in [0.717, 1.165) is 36.3 Å². The van der Waals surface area contributed by atoms with Crippen LogP contribution in [0.2, 0.25) is 0 Å². The van der Waals surface area contributed by atoms with Crippen molar-refractivity contribution in [3.8, 4) is 5.88 Å². The van der Waals surface area contributed by atoms with Gasteiger partial charge < -0.3 is 25.4 Å². The van der Waals surface area contributed by atoms with Crippen LogP contribution in [0.4, 0.5) is 17.5 Å². The SMILES string of the molecule is COc1nc2c(cc1Nc1ncc3ccnc(NCC(C)(C)O)c3n1)CN(C)CC2. The molecule has 0 saturated heterocycles. The van der Waals surface area contributed by atoms with Crippen LogP contribution in [-0.4, -0.2) is 62.8 Å². The number of likely N-dealkylation sites (N-methyl/N-ethyl adjacent to an activating group) is 1. The third-order valence-electron chi connectivity index (χ3n) is 4.95. The van der Waals surface area contributed by atoms with E-state index in [1.807, 2.05) is 6.07 Å². The van der Waals surface area contributed by atoms with Crippen molar-refractivity contribution in [2.45, 2.75) is 32.4 Å². The number of aromatic nitrogens is 4. The molecule has 1 aliphatic rings.